The number of fused-ring (bicyclic) bond motifs is 1. The molecule has 0 amide bonds. The molecule has 0 aliphatic carbocycles. The van der Waals surface area contributed by atoms with Gasteiger partial charge in [0.1, 0.15) is 11.3 Å². The van der Waals surface area contributed by atoms with E-state index in [1.165, 1.54) is 7.11 Å². The first-order valence-electron chi connectivity index (χ1n) is 8.66. The van der Waals surface area contributed by atoms with Crippen LogP contribution in [0.5, 0.6) is 0 Å². The lowest BCUT2D eigenvalue weighted by Crippen LogP contribution is -2.03. The van der Waals surface area contributed by atoms with E-state index in [0.717, 1.165) is 16.3 Å². The van der Waals surface area contributed by atoms with Crippen LogP contribution in [0.25, 0.3) is 22.3 Å². The van der Waals surface area contributed by atoms with Gasteiger partial charge in [-0.2, -0.15) is 0 Å². The minimum absolute atomic E-state index is 0.381. The largest absolute Gasteiger partial charge is 0.465 e. The second-order valence-corrected chi connectivity index (χ2v) is 6.59. The van der Waals surface area contributed by atoms with Crippen molar-refractivity contribution in [1.82, 2.24) is 0 Å². The number of nitrogens with zero attached hydrogens (tertiary/aromatic N) is 1. The molecule has 4 aromatic rings. The van der Waals surface area contributed by atoms with Gasteiger partial charge in [0.15, 0.2) is 0 Å². The second kappa shape index (κ2) is 7.71. The third-order valence-electron chi connectivity index (χ3n) is 4.30. The van der Waals surface area contributed by atoms with Crippen molar-refractivity contribution in [1.29, 1.82) is 0 Å². The third-order valence-corrected chi connectivity index (χ3v) is 4.54. The van der Waals surface area contributed by atoms with Crippen LogP contribution < -0.4 is 5.36 Å². The van der Waals surface area contributed by atoms with Crippen LogP contribution in [0, 0.1) is 0 Å². The summed E-state index contributed by atoms with van der Waals surface area (Å²) in [6, 6.07) is 24.1. The molecule has 138 valence electrons. The third kappa shape index (κ3) is 3.68. The predicted octanol–water partition coefficient (Wildman–Crippen LogP) is 5.77. The molecule has 4 rings (SSSR count). The number of benzene rings is 3. The maximum Gasteiger partial charge on any atom is 0.337 e. The van der Waals surface area contributed by atoms with Crippen molar-refractivity contribution in [2.24, 2.45) is 4.99 Å². The summed E-state index contributed by atoms with van der Waals surface area (Å²) in [5.41, 5.74) is 2.83. The lowest BCUT2D eigenvalue weighted by atomic mass is 10.1. The fourth-order valence-electron chi connectivity index (χ4n) is 2.91. The Kier molecular flexibility index (Phi) is 4.96. The summed E-state index contributed by atoms with van der Waals surface area (Å²) < 4.78 is 10.8. The quantitative estimate of drug-likeness (QED) is 0.418. The lowest BCUT2D eigenvalue weighted by molar-refractivity contribution is 0.0601. The Morgan fingerprint density at radius 2 is 1.71 bits per heavy atom. The molecule has 4 nitrogen and oxygen atoms in total. The first-order chi connectivity index (χ1) is 13.6. The van der Waals surface area contributed by atoms with E-state index in [2.05, 4.69) is 0 Å². The Labute approximate surface area is 166 Å². The second-order valence-electron chi connectivity index (χ2n) is 6.15. The van der Waals surface area contributed by atoms with E-state index in [-0.39, 0.29) is 5.97 Å². The van der Waals surface area contributed by atoms with Crippen molar-refractivity contribution in [2.75, 3.05) is 7.11 Å². The van der Waals surface area contributed by atoms with E-state index < -0.39 is 0 Å². The van der Waals surface area contributed by atoms with Gasteiger partial charge in [0.05, 0.1) is 23.7 Å². The number of hydrogen-bond donors (Lipinski definition) is 0. The van der Waals surface area contributed by atoms with Crippen molar-refractivity contribution >= 4 is 34.2 Å². The number of carbonyl (C=O) groups excluding carboxylic acids is 1. The molecule has 0 saturated heterocycles. The van der Waals surface area contributed by atoms with Crippen LogP contribution in [0.1, 0.15) is 10.4 Å². The minimum Gasteiger partial charge on any atom is -0.465 e. The highest BCUT2D eigenvalue weighted by atomic mass is 35.5. The van der Waals surface area contributed by atoms with E-state index >= 15 is 0 Å². The Morgan fingerprint density at radius 3 is 2.43 bits per heavy atom. The molecule has 0 fully saturated rings. The summed E-state index contributed by atoms with van der Waals surface area (Å²) in [7, 11) is 1.36. The van der Waals surface area contributed by atoms with Crippen LogP contribution in [0.15, 0.2) is 88.3 Å². The number of rotatable bonds is 3. The standard InChI is InChI=1S/C23H16ClNO3/c1-27-23(26)16-7-10-18(11-8-16)25-20-14-22(15-5-3-2-4-6-15)28-21-12-9-17(24)13-19(20)21/h2-14H,1H3. The zero-order chi connectivity index (χ0) is 19.5. The highest BCUT2D eigenvalue weighted by Crippen LogP contribution is 2.24. The summed E-state index contributed by atoms with van der Waals surface area (Å²) in [6.07, 6.45) is 0. The van der Waals surface area contributed by atoms with Crippen LogP contribution >= 0.6 is 11.6 Å². The molecule has 0 radical (unpaired) electrons. The molecule has 3 aromatic carbocycles. The SMILES string of the molecule is COC(=O)c1ccc(N=c2cc(-c3ccccc3)oc3ccc(Cl)cc23)cc1. The molecular weight excluding hydrogens is 374 g/mol. The molecule has 0 N–H and O–H groups in total. The summed E-state index contributed by atoms with van der Waals surface area (Å²) in [5.74, 6) is 0.328. The predicted molar refractivity (Wildman–Crippen MR) is 110 cm³/mol. The van der Waals surface area contributed by atoms with Gasteiger partial charge in [0.2, 0.25) is 0 Å². The molecule has 0 aliphatic rings. The summed E-state index contributed by atoms with van der Waals surface area (Å²) >= 11 is 6.19. The van der Waals surface area contributed by atoms with Crippen LogP contribution in [0.2, 0.25) is 5.02 Å². The van der Waals surface area contributed by atoms with Gasteiger partial charge in [0, 0.05) is 22.0 Å². The average molecular weight is 390 g/mol. The van der Waals surface area contributed by atoms with Crippen LogP contribution in [0.3, 0.4) is 0 Å². The number of esters is 1. The van der Waals surface area contributed by atoms with Gasteiger partial charge < -0.3 is 9.15 Å². The van der Waals surface area contributed by atoms with E-state index in [9.17, 15) is 4.79 Å². The average Bonchev–Trinajstić information content (AvgIpc) is 2.74. The molecular formula is C23H16ClNO3. The van der Waals surface area contributed by atoms with E-state index in [4.69, 9.17) is 25.7 Å². The Morgan fingerprint density at radius 1 is 0.964 bits per heavy atom. The zero-order valence-corrected chi connectivity index (χ0v) is 15.8. The summed E-state index contributed by atoms with van der Waals surface area (Å²) in [4.78, 5) is 16.4. The van der Waals surface area contributed by atoms with Crippen molar-refractivity contribution in [3.63, 3.8) is 0 Å². The van der Waals surface area contributed by atoms with Crippen molar-refractivity contribution in [2.45, 2.75) is 0 Å². The van der Waals surface area contributed by atoms with E-state index in [1.807, 2.05) is 48.5 Å². The maximum absolute atomic E-state index is 11.6. The van der Waals surface area contributed by atoms with Crippen molar-refractivity contribution in [3.05, 3.63) is 94.8 Å². The first kappa shape index (κ1) is 18.0. The minimum atomic E-state index is -0.381. The number of halogens is 1. The number of hydrogen-bond acceptors (Lipinski definition) is 4. The molecule has 0 atom stereocenters. The number of carbonyl (C=O) groups is 1. The Bertz CT molecular complexity index is 1210. The fourth-order valence-corrected chi connectivity index (χ4v) is 3.08. The fraction of sp³-hybridized carbons (Fsp3) is 0.0435. The normalized spacial score (nSPS) is 11.6. The highest BCUT2D eigenvalue weighted by Gasteiger charge is 2.08. The number of methoxy groups -OCH3 is 1. The monoisotopic (exact) mass is 389 g/mol. The van der Waals surface area contributed by atoms with Gasteiger partial charge in [-0.15, -0.1) is 0 Å². The van der Waals surface area contributed by atoms with Gasteiger partial charge in [0.25, 0.3) is 0 Å². The van der Waals surface area contributed by atoms with Gasteiger partial charge in [-0.05, 0) is 42.5 Å². The van der Waals surface area contributed by atoms with Crippen molar-refractivity contribution in [3.8, 4) is 11.3 Å². The van der Waals surface area contributed by atoms with Gasteiger partial charge in [-0.1, -0.05) is 41.9 Å². The highest BCUT2D eigenvalue weighted by molar-refractivity contribution is 6.31. The molecule has 28 heavy (non-hydrogen) atoms. The molecule has 0 aliphatic heterocycles. The van der Waals surface area contributed by atoms with E-state index in [0.29, 0.717) is 27.6 Å². The van der Waals surface area contributed by atoms with E-state index in [1.54, 1.807) is 30.3 Å². The number of ether oxygens (including phenoxy) is 1. The zero-order valence-electron chi connectivity index (χ0n) is 15.1. The summed E-state index contributed by atoms with van der Waals surface area (Å²) in [6.45, 7) is 0. The smallest absolute Gasteiger partial charge is 0.337 e. The molecule has 0 spiro atoms. The molecule has 1 aromatic heterocycles. The molecule has 0 unspecified atom stereocenters. The Balaban J connectivity index is 1.90. The van der Waals surface area contributed by atoms with Gasteiger partial charge >= 0.3 is 5.97 Å². The molecule has 0 saturated carbocycles. The summed E-state index contributed by atoms with van der Waals surface area (Å²) in [5, 5.41) is 2.14. The molecule has 1 heterocycles. The Hall–Kier alpha value is -3.37. The van der Waals surface area contributed by atoms with Crippen LogP contribution in [0.4, 0.5) is 5.69 Å². The van der Waals surface area contributed by atoms with Gasteiger partial charge in [-0.25, -0.2) is 9.79 Å². The van der Waals surface area contributed by atoms with Crippen LogP contribution in [-0.2, 0) is 4.74 Å². The topological polar surface area (TPSA) is 51.8 Å². The first-order valence-corrected chi connectivity index (χ1v) is 9.04. The van der Waals surface area contributed by atoms with Gasteiger partial charge in [-0.3, -0.25) is 0 Å². The van der Waals surface area contributed by atoms with Crippen molar-refractivity contribution < 1.29 is 13.9 Å². The lowest BCUT2D eigenvalue weighted by Gasteiger charge is -2.06. The maximum atomic E-state index is 11.6. The molecule has 0 bridgehead atoms. The van der Waals surface area contributed by atoms with Crippen LogP contribution in [-0.4, -0.2) is 13.1 Å². The molecule has 5 heteroatoms.